The van der Waals surface area contributed by atoms with Gasteiger partial charge in [-0.3, -0.25) is 0 Å². The lowest BCUT2D eigenvalue weighted by Gasteiger charge is -2.31. The molecule has 1 fully saturated rings. The Bertz CT molecular complexity index is 429. The summed E-state index contributed by atoms with van der Waals surface area (Å²) in [7, 11) is 0. The van der Waals surface area contributed by atoms with E-state index in [0.717, 1.165) is 0 Å². The van der Waals surface area contributed by atoms with Crippen LogP contribution in [0, 0.1) is 22.6 Å². The summed E-state index contributed by atoms with van der Waals surface area (Å²) in [5.41, 5.74) is -0.0954. The Morgan fingerprint density at radius 3 is 2.71 bits per heavy atom. The molecule has 2 nitrogen and oxygen atoms in total. The minimum Gasteiger partial charge on any atom is -0.381 e. The van der Waals surface area contributed by atoms with Crippen molar-refractivity contribution in [3.05, 3.63) is 34.6 Å². The lowest BCUT2D eigenvalue weighted by molar-refractivity contribution is 0.0403. The number of hydrogen-bond acceptors (Lipinski definition) is 2. The molecule has 1 saturated heterocycles. The van der Waals surface area contributed by atoms with Crippen molar-refractivity contribution in [1.29, 1.82) is 5.26 Å². The molecule has 1 aromatic rings. The molecule has 0 amide bonds. The zero-order valence-corrected chi connectivity index (χ0v) is 10.1. The van der Waals surface area contributed by atoms with Crippen molar-refractivity contribution >= 4 is 11.6 Å². The standard InChI is InChI=1S/C13H13ClFNO/c14-11-2-1-3-12(15)10(11)8-13(9-16)4-6-17-7-5-13/h1-3H,4-8H2. The zero-order chi connectivity index (χ0) is 12.3. The normalized spacial score (nSPS) is 18.6. The van der Waals surface area contributed by atoms with Crippen molar-refractivity contribution in [2.45, 2.75) is 19.3 Å². The van der Waals surface area contributed by atoms with E-state index in [0.29, 0.717) is 43.1 Å². The van der Waals surface area contributed by atoms with Gasteiger partial charge in [0.15, 0.2) is 0 Å². The molecule has 17 heavy (non-hydrogen) atoms. The Hall–Kier alpha value is -1.11. The molecule has 0 radical (unpaired) electrons. The second kappa shape index (κ2) is 5.03. The lowest BCUT2D eigenvalue weighted by atomic mass is 9.76. The van der Waals surface area contributed by atoms with E-state index >= 15 is 0 Å². The number of halogens is 2. The highest BCUT2D eigenvalue weighted by Crippen LogP contribution is 2.36. The third-order valence-corrected chi connectivity index (χ3v) is 3.62. The van der Waals surface area contributed by atoms with Gasteiger partial charge in [-0.05, 0) is 31.4 Å². The van der Waals surface area contributed by atoms with Crippen LogP contribution in [0.4, 0.5) is 4.39 Å². The monoisotopic (exact) mass is 253 g/mol. The maximum Gasteiger partial charge on any atom is 0.127 e. The van der Waals surface area contributed by atoms with E-state index in [-0.39, 0.29) is 5.82 Å². The zero-order valence-electron chi connectivity index (χ0n) is 9.38. The molecule has 1 aliphatic heterocycles. The molecule has 0 bridgehead atoms. The van der Waals surface area contributed by atoms with Crippen molar-refractivity contribution < 1.29 is 9.13 Å². The number of ether oxygens (including phenoxy) is 1. The molecule has 0 spiro atoms. The van der Waals surface area contributed by atoms with Crippen LogP contribution in [0.15, 0.2) is 18.2 Å². The highest BCUT2D eigenvalue weighted by Gasteiger charge is 2.34. The van der Waals surface area contributed by atoms with Gasteiger partial charge in [0.25, 0.3) is 0 Å². The van der Waals surface area contributed by atoms with E-state index in [2.05, 4.69) is 6.07 Å². The molecule has 0 atom stereocenters. The topological polar surface area (TPSA) is 33.0 Å². The molecule has 2 rings (SSSR count). The van der Waals surface area contributed by atoms with E-state index in [9.17, 15) is 9.65 Å². The molecule has 0 N–H and O–H groups in total. The first-order valence-electron chi connectivity index (χ1n) is 5.59. The van der Waals surface area contributed by atoms with Crippen LogP contribution in [0.25, 0.3) is 0 Å². The summed E-state index contributed by atoms with van der Waals surface area (Å²) >= 11 is 5.99. The van der Waals surface area contributed by atoms with E-state index in [1.807, 2.05) is 0 Å². The summed E-state index contributed by atoms with van der Waals surface area (Å²) in [4.78, 5) is 0. The Morgan fingerprint density at radius 2 is 2.12 bits per heavy atom. The number of hydrogen-bond donors (Lipinski definition) is 0. The van der Waals surface area contributed by atoms with Crippen LogP contribution >= 0.6 is 11.6 Å². The summed E-state index contributed by atoms with van der Waals surface area (Å²) in [5, 5.41) is 9.71. The summed E-state index contributed by atoms with van der Waals surface area (Å²) in [5.74, 6) is -0.335. The lowest BCUT2D eigenvalue weighted by Crippen LogP contribution is -2.30. The third kappa shape index (κ3) is 2.59. The van der Waals surface area contributed by atoms with Crippen molar-refractivity contribution in [3.8, 4) is 6.07 Å². The van der Waals surface area contributed by atoms with Crippen LogP contribution in [-0.4, -0.2) is 13.2 Å². The minimum atomic E-state index is -0.538. The summed E-state index contributed by atoms with van der Waals surface area (Å²) < 4.78 is 18.9. The Labute approximate surface area is 105 Å². The van der Waals surface area contributed by atoms with Crippen molar-refractivity contribution in [3.63, 3.8) is 0 Å². The van der Waals surface area contributed by atoms with Gasteiger partial charge < -0.3 is 4.74 Å². The van der Waals surface area contributed by atoms with Crippen LogP contribution in [0.5, 0.6) is 0 Å². The van der Waals surface area contributed by atoms with Crippen LogP contribution in [0.1, 0.15) is 18.4 Å². The van der Waals surface area contributed by atoms with Gasteiger partial charge in [0.2, 0.25) is 0 Å². The second-order valence-corrected chi connectivity index (χ2v) is 4.79. The van der Waals surface area contributed by atoms with Gasteiger partial charge in [-0.15, -0.1) is 0 Å². The molecule has 1 aromatic carbocycles. The minimum absolute atomic E-state index is 0.335. The number of nitrogens with zero attached hydrogens (tertiary/aromatic N) is 1. The number of rotatable bonds is 2. The first-order chi connectivity index (χ1) is 8.17. The molecule has 0 aliphatic carbocycles. The maximum absolute atomic E-state index is 13.7. The first kappa shape index (κ1) is 12.3. The van der Waals surface area contributed by atoms with Gasteiger partial charge in [-0.25, -0.2) is 4.39 Å². The molecular formula is C13H13ClFNO. The second-order valence-electron chi connectivity index (χ2n) is 4.38. The average molecular weight is 254 g/mol. The maximum atomic E-state index is 13.7. The van der Waals surface area contributed by atoms with Gasteiger partial charge in [0, 0.05) is 23.8 Å². The van der Waals surface area contributed by atoms with Gasteiger partial charge >= 0.3 is 0 Å². The Morgan fingerprint density at radius 1 is 1.41 bits per heavy atom. The summed E-state index contributed by atoms with van der Waals surface area (Å²) in [6.45, 7) is 1.11. The molecule has 90 valence electrons. The van der Waals surface area contributed by atoms with Crippen LogP contribution < -0.4 is 0 Å². The van der Waals surface area contributed by atoms with Crippen LogP contribution in [0.3, 0.4) is 0 Å². The highest BCUT2D eigenvalue weighted by molar-refractivity contribution is 6.31. The molecule has 4 heteroatoms. The summed E-state index contributed by atoms with van der Waals surface area (Å²) in [6.07, 6.45) is 1.63. The fourth-order valence-corrected chi connectivity index (χ4v) is 2.36. The molecule has 1 aliphatic rings. The van der Waals surface area contributed by atoms with Crippen LogP contribution in [-0.2, 0) is 11.2 Å². The van der Waals surface area contributed by atoms with Gasteiger partial charge in [0.1, 0.15) is 5.82 Å². The molecular weight excluding hydrogens is 241 g/mol. The van der Waals surface area contributed by atoms with Crippen molar-refractivity contribution in [2.75, 3.05) is 13.2 Å². The third-order valence-electron chi connectivity index (χ3n) is 3.26. The molecule has 0 aromatic heterocycles. The molecule has 0 unspecified atom stereocenters. The fraction of sp³-hybridized carbons (Fsp3) is 0.462. The van der Waals surface area contributed by atoms with E-state index < -0.39 is 5.41 Å². The molecule has 1 heterocycles. The predicted molar refractivity (Wildman–Crippen MR) is 63.2 cm³/mol. The summed E-state index contributed by atoms with van der Waals surface area (Å²) in [6, 6.07) is 6.93. The Balaban J connectivity index is 2.27. The average Bonchev–Trinajstić information content (AvgIpc) is 2.35. The number of benzene rings is 1. The largest absolute Gasteiger partial charge is 0.381 e. The van der Waals surface area contributed by atoms with E-state index in [1.54, 1.807) is 12.1 Å². The Kier molecular flexibility index (Phi) is 3.66. The fourth-order valence-electron chi connectivity index (χ4n) is 2.13. The van der Waals surface area contributed by atoms with Crippen LogP contribution in [0.2, 0.25) is 5.02 Å². The van der Waals surface area contributed by atoms with Gasteiger partial charge in [-0.1, -0.05) is 17.7 Å². The number of nitriles is 1. The van der Waals surface area contributed by atoms with Crippen molar-refractivity contribution in [1.82, 2.24) is 0 Å². The van der Waals surface area contributed by atoms with Crippen molar-refractivity contribution in [2.24, 2.45) is 5.41 Å². The first-order valence-corrected chi connectivity index (χ1v) is 5.97. The van der Waals surface area contributed by atoms with E-state index in [4.69, 9.17) is 16.3 Å². The smallest absolute Gasteiger partial charge is 0.127 e. The molecule has 0 saturated carbocycles. The van der Waals surface area contributed by atoms with Gasteiger partial charge in [-0.2, -0.15) is 5.26 Å². The van der Waals surface area contributed by atoms with E-state index in [1.165, 1.54) is 6.07 Å². The van der Waals surface area contributed by atoms with Gasteiger partial charge in [0.05, 0.1) is 11.5 Å². The SMILES string of the molecule is N#CC1(Cc2c(F)cccc2Cl)CCOCC1. The highest BCUT2D eigenvalue weighted by atomic mass is 35.5. The predicted octanol–water partition coefficient (Wildman–Crippen LogP) is 3.34. The quantitative estimate of drug-likeness (QED) is 0.810.